The molecule has 0 bridgehead atoms. The Hall–Kier alpha value is -2.03. The number of halogens is 1. The van der Waals surface area contributed by atoms with Crippen molar-refractivity contribution in [2.75, 3.05) is 32.8 Å². The van der Waals surface area contributed by atoms with E-state index in [2.05, 4.69) is 10.6 Å². The molecule has 3 rings (SSSR count). The van der Waals surface area contributed by atoms with Crippen LogP contribution in [0.2, 0.25) is 0 Å². The smallest absolute Gasteiger partial charge is 0.258 e. The molecular formula is C18H25FN4O3. The van der Waals surface area contributed by atoms with E-state index in [-0.39, 0.29) is 12.5 Å². The van der Waals surface area contributed by atoms with Gasteiger partial charge in [0.25, 0.3) is 5.91 Å². The Balaban J connectivity index is 1.40. The van der Waals surface area contributed by atoms with Crippen LogP contribution in [0, 0.1) is 0 Å². The number of nitrogens with zero attached hydrogens (tertiary/aromatic N) is 2. The van der Waals surface area contributed by atoms with Crippen LogP contribution < -0.4 is 10.6 Å². The molecule has 8 heteroatoms. The third-order valence-corrected chi connectivity index (χ3v) is 4.76. The van der Waals surface area contributed by atoms with Crippen LogP contribution in [0.1, 0.15) is 12.5 Å². The highest BCUT2D eigenvalue weighted by Gasteiger charge is 2.37. The van der Waals surface area contributed by atoms with E-state index in [9.17, 15) is 14.0 Å². The summed E-state index contributed by atoms with van der Waals surface area (Å²) < 4.78 is 19.1. The maximum absolute atomic E-state index is 13.6. The normalized spacial score (nSPS) is 27.2. The lowest BCUT2D eigenvalue weighted by molar-refractivity contribution is -0.141. The molecule has 2 heterocycles. The maximum Gasteiger partial charge on any atom is 0.258 e. The lowest BCUT2D eigenvalue weighted by Crippen LogP contribution is -2.69. The number of amides is 2. The summed E-state index contributed by atoms with van der Waals surface area (Å²) in [5.74, 6) is -0.632. The van der Waals surface area contributed by atoms with E-state index in [0.717, 1.165) is 5.56 Å². The number of carbonyl (C=O) groups is 2. The zero-order valence-electron chi connectivity index (χ0n) is 14.9. The third kappa shape index (κ3) is 4.57. The van der Waals surface area contributed by atoms with Gasteiger partial charge in [-0.25, -0.2) is 4.39 Å². The Morgan fingerprint density at radius 3 is 2.58 bits per heavy atom. The van der Waals surface area contributed by atoms with E-state index in [1.165, 1.54) is 0 Å². The lowest BCUT2D eigenvalue weighted by Gasteiger charge is -2.43. The molecule has 7 nitrogen and oxygen atoms in total. The number of rotatable bonds is 5. The van der Waals surface area contributed by atoms with Gasteiger partial charge < -0.3 is 15.0 Å². The number of hydrogen-bond acceptors (Lipinski definition) is 5. The van der Waals surface area contributed by atoms with Gasteiger partial charge in [0.05, 0.1) is 6.61 Å². The number of piperazine rings is 1. The Bertz CT molecular complexity index is 622. The number of alkyl halides is 1. The maximum atomic E-state index is 13.6. The zero-order chi connectivity index (χ0) is 18.5. The van der Waals surface area contributed by atoms with Gasteiger partial charge in [0.1, 0.15) is 12.9 Å². The highest BCUT2D eigenvalue weighted by atomic mass is 19.1. The molecule has 0 saturated carbocycles. The quantitative estimate of drug-likeness (QED) is 0.774. The summed E-state index contributed by atoms with van der Waals surface area (Å²) >= 11 is 0. The number of ether oxygens (including phenoxy) is 1. The molecule has 0 spiro atoms. The fraction of sp³-hybridized carbons (Fsp3) is 0.556. The number of carbonyl (C=O) groups excluding carboxylic acids is 2. The topological polar surface area (TPSA) is 73.9 Å². The van der Waals surface area contributed by atoms with Crippen LogP contribution in [-0.4, -0.2) is 72.9 Å². The van der Waals surface area contributed by atoms with Gasteiger partial charge in [0.2, 0.25) is 5.91 Å². The van der Waals surface area contributed by atoms with Crippen molar-refractivity contribution in [3.05, 3.63) is 35.9 Å². The minimum Gasteiger partial charge on any atom is -0.367 e. The molecule has 142 valence electrons. The molecule has 2 fully saturated rings. The van der Waals surface area contributed by atoms with Gasteiger partial charge in [-0.05, 0) is 12.5 Å². The minimum atomic E-state index is -1.53. The van der Waals surface area contributed by atoms with Gasteiger partial charge in [-0.1, -0.05) is 30.3 Å². The Labute approximate surface area is 152 Å². The van der Waals surface area contributed by atoms with Gasteiger partial charge in [0, 0.05) is 32.2 Å². The SMILES string of the molecule is CC1NC(N2CCN(C(=O)COCc3ccccc3)CC2)NC(=O)C1F. The van der Waals surface area contributed by atoms with Crippen LogP contribution >= 0.6 is 0 Å². The molecule has 26 heavy (non-hydrogen) atoms. The van der Waals surface area contributed by atoms with Crippen LogP contribution in [-0.2, 0) is 20.9 Å². The molecule has 1 aromatic carbocycles. The molecule has 0 aromatic heterocycles. The van der Waals surface area contributed by atoms with E-state index in [1.807, 2.05) is 35.2 Å². The first kappa shape index (κ1) is 18.8. The van der Waals surface area contributed by atoms with Crippen molar-refractivity contribution in [2.24, 2.45) is 0 Å². The molecule has 1 aromatic rings. The summed E-state index contributed by atoms with van der Waals surface area (Å²) in [6.45, 7) is 4.42. The third-order valence-electron chi connectivity index (χ3n) is 4.76. The highest BCUT2D eigenvalue weighted by Crippen LogP contribution is 2.11. The van der Waals surface area contributed by atoms with E-state index in [1.54, 1.807) is 11.8 Å². The largest absolute Gasteiger partial charge is 0.367 e. The van der Waals surface area contributed by atoms with Gasteiger partial charge in [-0.2, -0.15) is 0 Å². The fourth-order valence-electron chi connectivity index (χ4n) is 3.16. The fourth-order valence-corrected chi connectivity index (χ4v) is 3.16. The lowest BCUT2D eigenvalue weighted by atomic mass is 10.1. The van der Waals surface area contributed by atoms with Crippen LogP contribution in [0.4, 0.5) is 4.39 Å². The van der Waals surface area contributed by atoms with E-state index >= 15 is 0 Å². The second kappa shape index (κ2) is 8.57. The summed E-state index contributed by atoms with van der Waals surface area (Å²) in [4.78, 5) is 27.7. The van der Waals surface area contributed by atoms with Crippen molar-refractivity contribution in [2.45, 2.75) is 32.0 Å². The van der Waals surface area contributed by atoms with Crippen molar-refractivity contribution >= 4 is 11.8 Å². The molecule has 2 N–H and O–H groups in total. The number of hydrogen-bond donors (Lipinski definition) is 2. The van der Waals surface area contributed by atoms with Crippen LogP contribution in [0.25, 0.3) is 0 Å². The molecule has 2 saturated heterocycles. The molecular weight excluding hydrogens is 339 g/mol. The van der Waals surface area contributed by atoms with E-state index in [0.29, 0.717) is 32.8 Å². The van der Waals surface area contributed by atoms with Gasteiger partial charge >= 0.3 is 0 Å². The second-order valence-electron chi connectivity index (χ2n) is 6.66. The molecule has 2 aliphatic rings. The average Bonchev–Trinajstić information content (AvgIpc) is 2.66. The van der Waals surface area contributed by atoms with Gasteiger partial charge in [0.15, 0.2) is 6.17 Å². The number of nitrogens with one attached hydrogen (secondary N) is 2. The summed E-state index contributed by atoms with van der Waals surface area (Å²) in [5.41, 5.74) is 1.03. The molecule has 3 unspecified atom stereocenters. The predicted octanol–water partition coefficient (Wildman–Crippen LogP) is 0.0770. The van der Waals surface area contributed by atoms with Crippen molar-refractivity contribution in [3.63, 3.8) is 0 Å². The molecule has 2 aliphatic heterocycles. The van der Waals surface area contributed by atoms with Crippen molar-refractivity contribution < 1.29 is 18.7 Å². The predicted molar refractivity (Wildman–Crippen MR) is 93.7 cm³/mol. The Kier molecular flexibility index (Phi) is 6.18. The molecule has 0 radical (unpaired) electrons. The first-order valence-corrected chi connectivity index (χ1v) is 8.88. The summed E-state index contributed by atoms with van der Waals surface area (Å²) in [6, 6.07) is 9.19. The van der Waals surface area contributed by atoms with Crippen molar-refractivity contribution in [1.82, 2.24) is 20.4 Å². The van der Waals surface area contributed by atoms with Crippen LogP contribution in [0.15, 0.2) is 30.3 Å². The van der Waals surface area contributed by atoms with Crippen molar-refractivity contribution in [1.29, 1.82) is 0 Å². The van der Waals surface area contributed by atoms with Gasteiger partial charge in [-0.15, -0.1) is 0 Å². The first-order chi connectivity index (χ1) is 12.5. The summed E-state index contributed by atoms with van der Waals surface area (Å²) in [6.07, 6.45) is -1.92. The molecule has 0 aliphatic carbocycles. The Morgan fingerprint density at radius 2 is 1.92 bits per heavy atom. The molecule has 3 atom stereocenters. The van der Waals surface area contributed by atoms with E-state index in [4.69, 9.17) is 4.74 Å². The standard InChI is InChI=1S/C18H25FN4O3/c1-13-16(19)17(25)21-18(20-13)23-9-7-22(8-10-23)15(24)12-26-11-14-5-3-2-4-6-14/h2-6,13,16,18,20H,7-12H2,1H3,(H,21,25). The first-order valence-electron chi connectivity index (χ1n) is 8.88. The summed E-state index contributed by atoms with van der Waals surface area (Å²) in [7, 11) is 0. The Morgan fingerprint density at radius 1 is 1.23 bits per heavy atom. The van der Waals surface area contributed by atoms with E-state index < -0.39 is 24.4 Å². The van der Waals surface area contributed by atoms with Crippen LogP contribution in [0.3, 0.4) is 0 Å². The molecule has 2 amide bonds. The van der Waals surface area contributed by atoms with Crippen molar-refractivity contribution in [3.8, 4) is 0 Å². The second-order valence-corrected chi connectivity index (χ2v) is 6.66. The minimum absolute atomic E-state index is 0.0431. The number of benzene rings is 1. The monoisotopic (exact) mass is 364 g/mol. The summed E-state index contributed by atoms with van der Waals surface area (Å²) in [5, 5.41) is 5.69. The highest BCUT2D eigenvalue weighted by molar-refractivity contribution is 5.82. The van der Waals surface area contributed by atoms with Gasteiger partial charge in [-0.3, -0.25) is 19.8 Å². The average molecular weight is 364 g/mol. The van der Waals surface area contributed by atoms with Crippen LogP contribution in [0.5, 0.6) is 0 Å². The zero-order valence-corrected chi connectivity index (χ0v) is 14.9.